The third-order valence-electron chi connectivity index (χ3n) is 8.64. The first-order valence-electron chi connectivity index (χ1n) is 14.9. The molecule has 5 aromatic rings. The number of thioether (sulfide) groups is 1. The molecule has 46 heavy (non-hydrogen) atoms. The zero-order valence-electron chi connectivity index (χ0n) is 26.9. The maximum absolute atomic E-state index is 12.9. The zero-order chi connectivity index (χ0) is 33.5. The molecule has 5 rings (SSSR count). The molecule has 0 saturated carbocycles. The van der Waals surface area contributed by atoms with Crippen molar-refractivity contribution >= 4 is 42.3 Å². The predicted octanol–water partition coefficient (Wildman–Crippen LogP) is 7.74. The van der Waals surface area contributed by atoms with Crippen LogP contribution in [-0.4, -0.2) is 45.2 Å². The number of fused-ring (bicyclic) bond motifs is 1. The van der Waals surface area contributed by atoms with Gasteiger partial charge in [-0.1, -0.05) is 54.6 Å². The summed E-state index contributed by atoms with van der Waals surface area (Å²) in [5.41, 5.74) is 5.04. The van der Waals surface area contributed by atoms with Crippen LogP contribution in [0, 0.1) is 0 Å². The van der Waals surface area contributed by atoms with Gasteiger partial charge in [0.2, 0.25) is 0 Å². The highest BCUT2D eigenvalue weighted by Crippen LogP contribution is 2.42. The number of sulfone groups is 2. The molecule has 0 amide bonds. The normalized spacial score (nSPS) is 13.5. The fraction of sp³-hybridized carbons (Fsp3) is 0.270. The van der Waals surface area contributed by atoms with E-state index >= 15 is 0 Å². The molecule has 1 N–H and O–H groups in total. The lowest BCUT2D eigenvalue weighted by atomic mass is 9.85. The largest absolute Gasteiger partial charge is 0.386 e. The van der Waals surface area contributed by atoms with Crippen LogP contribution in [0.15, 0.2) is 113 Å². The number of hydrogen-bond acceptors (Lipinski definition) is 7. The second kappa shape index (κ2) is 12.6. The lowest BCUT2D eigenvalue weighted by Gasteiger charge is -2.26. The molecule has 0 saturated heterocycles. The molecule has 240 valence electrons. The molecule has 6 nitrogen and oxygen atoms in total. The topological polar surface area (TPSA) is 101 Å². The quantitative estimate of drug-likeness (QED) is 0.151. The van der Waals surface area contributed by atoms with Crippen LogP contribution < -0.4 is 0 Å². The second-order valence-electron chi connectivity index (χ2n) is 12.8. The van der Waals surface area contributed by atoms with E-state index in [-0.39, 0.29) is 10.8 Å². The van der Waals surface area contributed by atoms with Gasteiger partial charge >= 0.3 is 0 Å². The average Bonchev–Trinajstić information content (AvgIpc) is 3.00. The summed E-state index contributed by atoms with van der Waals surface area (Å²) >= 11 is 1.67. The molecule has 0 aliphatic carbocycles. The van der Waals surface area contributed by atoms with Gasteiger partial charge in [0.15, 0.2) is 19.7 Å². The summed E-state index contributed by atoms with van der Waals surface area (Å²) in [5, 5.41) is 11.3. The number of rotatable bonds is 10. The van der Waals surface area contributed by atoms with Gasteiger partial charge in [0.1, 0.15) is 0 Å². The molecule has 0 aliphatic rings. The molecule has 1 aromatic heterocycles. The van der Waals surface area contributed by atoms with E-state index in [0.29, 0.717) is 11.3 Å². The van der Waals surface area contributed by atoms with Crippen molar-refractivity contribution in [2.75, 3.05) is 18.3 Å². The fourth-order valence-electron chi connectivity index (χ4n) is 5.46. The molecular formula is C37H39NO5S3. The summed E-state index contributed by atoms with van der Waals surface area (Å²) in [7, 11) is -6.82. The van der Waals surface area contributed by atoms with Crippen molar-refractivity contribution in [2.45, 2.75) is 53.8 Å². The maximum Gasteiger partial charge on any atom is 0.175 e. The van der Waals surface area contributed by atoms with Crippen molar-refractivity contribution in [1.29, 1.82) is 0 Å². The molecule has 1 unspecified atom stereocenters. The van der Waals surface area contributed by atoms with Crippen LogP contribution in [0.1, 0.15) is 55.9 Å². The molecule has 1 atom stereocenters. The molecule has 4 aromatic carbocycles. The van der Waals surface area contributed by atoms with Gasteiger partial charge in [0.05, 0.1) is 20.8 Å². The molecule has 9 heteroatoms. The van der Waals surface area contributed by atoms with Crippen LogP contribution >= 0.6 is 11.8 Å². The van der Waals surface area contributed by atoms with Crippen LogP contribution in [0.2, 0.25) is 0 Å². The number of nitrogens with zero attached hydrogens (tertiary/aromatic N) is 1. The van der Waals surface area contributed by atoms with Crippen LogP contribution in [0.25, 0.3) is 22.0 Å². The number of aliphatic hydroxyl groups is 1. The van der Waals surface area contributed by atoms with E-state index in [2.05, 4.69) is 6.07 Å². The first kappa shape index (κ1) is 33.9. The van der Waals surface area contributed by atoms with Crippen molar-refractivity contribution in [3.8, 4) is 11.1 Å². The number of hydrogen-bond donors (Lipinski definition) is 1. The minimum absolute atomic E-state index is 0.158. The van der Waals surface area contributed by atoms with E-state index < -0.39 is 30.0 Å². The van der Waals surface area contributed by atoms with Gasteiger partial charge in [-0.05, 0) is 98.0 Å². The highest BCUT2D eigenvalue weighted by molar-refractivity contribution is 7.99. The Labute approximate surface area is 276 Å². The fourth-order valence-corrected chi connectivity index (χ4v) is 7.69. The van der Waals surface area contributed by atoms with E-state index in [0.717, 1.165) is 43.6 Å². The van der Waals surface area contributed by atoms with E-state index in [9.17, 15) is 21.9 Å². The Kier molecular flexibility index (Phi) is 9.27. The monoisotopic (exact) mass is 673 g/mol. The Balaban J connectivity index is 1.67. The summed E-state index contributed by atoms with van der Waals surface area (Å²) in [6.07, 6.45) is 4.20. The smallest absolute Gasteiger partial charge is 0.175 e. The number of benzene rings is 4. The Morgan fingerprint density at radius 3 is 2.02 bits per heavy atom. The number of aromatic nitrogens is 1. The van der Waals surface area contributed by atoms with Gasteiger partial charge in [-0.2, -0.15) is 0 Å². The highest BCUT2D eigenvalue weighted by Gasteiger charge is 2.33. The van der Waals surface area contributed by atoms with Gasteiger partial charge in [0.25, 0.3) is 0 Å². The summed E-state index contributed by atoms with van der Waals surface area (Å²) in [4.78, 5) is 6.02. The molecule has 0 fully saturated rings. The van der Waals surface area contributed by atoms with Crippen LogP contribution in [0.3, 0.4) is 0 Å². The van der Waals surface area contributed by atoms with Gasteiger partial charge < -0.3 is 5.11 Å². The van der Waals surface area contributed by atoms with Gasteiger partial charge in [-0.3, -0.25) is 4.98 Å². The summed E-state index contributed by atoms with van der Waals surface area (Å²) < 4.78 is 49.2. The Hall–Kier alpha value is -3.50. The maximum atomic E-state index is 12.9. The van der Waals surface area contributed by atoms with Crippen LogP contribution in [0.5, 0.6) is 0 Å². The van der Waals surface area contributed by atoms with Crippen LogP contribution in [-0.2, 0) is 30.0 Å². The second-order valence-corrected chi connectivity index (χ2v) is 18.4. The van der Waals surface area contributed by atoms with E-state index in [1.165, 1.54) is 12.5 Å². The molecule has 0 aliphatic heterocycles. The van der Waals surface area contributed by atoms with E-state index in [1.54, 1.807) is 57.8 Å². The standard InChI is InChI=1S/C37H39NO5S3/c1-36(2,39)27-15-17-29(18-16-27)44-24-34(25-13-19-30(20-14-25)45(5,40)41)32-12-8-7-11-31(32)33-23-28(37(3,4)46(6,42)43)22-26-10-9-21-38-35(26)33/h7-23,34,39H,24H2,1-6H3. The Morgan fingerprint density at radius 1 is 0.761 bits per heavy atom. The van der Waals surface area contributed by atoms with E-state index in [1.807, 2.05) is 78.9 Å². The molecular weight excluding hydrogens is 635 g/mol. The molecule has 1 heterocycles. The number of pyridine rings is 1. The Morgan fingerprint density at radius 2 is 1.41 bits per heavy atom. The van der Waals surface area contributed by atoms with Gasteiger partial charge in [-0.15, -0.1) is 11.8 Å². The summed E-state index contributed by atoms with van der Waals surface area (Å²) in [5.74, 6) is 0.478. The zero-order valence-corrected chi connectivity index (χ0v) is 29.3. The summed E-state index contributed by atoms with van der Waals surface area (Å²) in [6, 6.07) is 30.6. The first-order valence-corrected chi connectivity index (χ1v) is 19.7. The lowest BCUT2D eigenvalue weighted by molar-refractivity contribution is 0.0785. The third-order valence-corrected chi connectivity index (χ3v) is 13.0. The molecule has 0 radical (unpaired) electrons. The van der Waals surface area contributed by atoms with Crippen LogP contribution in [0.4, 0.5) is 0 Å². The van der Waals surface area contributed by atoms with Crippen molar-refractivity contribution in [3.05, 3.63) is 126 Å². The predicted molar refractivity (Wildman–Crippen MR) is 189 cm³/mol. The van der Waals surface area contributed by atoms with Crippen molar-refractivity contribution in [3.63, 3.8) is 0 Å². The van der Waals surface area contributed by atoms with Gasteiger partial charge in [0, 0.05) is 46.2 Å². The third kappa shape index (κ3) is 7.08. The molecule has 0 spiro atoms. The van der Waals surface area contributed by atoms with Crippen molar-refractivity contribution in [1.82, 2.24) is 4.98 Å². The average molecular weight is 674 g/mol. The minimum Gasteiger partial charge on any atom is -0.386 e. The lowest BCUT2D eigenvalue weighted by Crippen LogP contribution is -2.28. The van der Waals surface area contributed by atoms with Crippen molar-refractivity contribution < 1.29 is 21.9 Å². The first-order chi connectivity index (χ1) is 21.5. The SMILES string of the molecule is CC(C)(O)c1ccc(SCC(c2ccc(S(C)(=O)=O)cc2)c2ccccc2-c2cc(C(C)(C)S(C)(=O)=O)cc3cccnc23)cc1. The Bertz CT molecular complexity index is 2100. The highest BCUT2D eigenvalue weighted by atomic mass is 32.2. The summed E-state index contributed by atoms with van der Waals surface area (Å²) in [6.45, 7) is 6.96. The van der Waals surface area contributed by atoms with E-state index in [4.69, 9.17) is 4.98 Å². The van der Waals surface area contributed by atoms with Crippen molar-refractivity contribution in [2.24, 2.45) is 0 Å². The minimum atomic E-state index is -3.45. The molecule has 0 bridgehead atoms. The van der Waals surface area contributed by atoms with Gasteiger partial charge in [-0.25, -0.2) is 16.8 Å².